The van der Waals surface area contributed by atoms with E-state index in [1.807, 2.05) is 0 Å². The van der Waals surface area contributed by atoms with Gasteiger partial charge in [-0.1, -0.05) is 0 Å². The van der Waals surface area contributed by atoms with Crippen LogP contribution in [0.4, 0.5) is 15.4 Å². The van der Waals surface area contributed by atoms with Crippen molar-refractivity contribution in [3.63, 3.8) is 0 Å². The fourth-order valence-electron chi connectivity index (χ4n) is 0.550. The van der Waals surface area contributed by atoms with Crippen LogP contribution in [-0.4, -0.2) is 22.2 Å². The molecule has 0 spiro atoms. The predicted molar refractivity (Wildman–Crippen MR) is 39.7 cm³/mol. The van der Waals surface area contributed by atoms with E-state index in [1.54, 1.807) is 0 Å². The van der Waals surface area contributed by atoms with Crippen molar-refractivity contribution in [2.45, 2.75) is 0 Å². The van der Waals surface area contributed by atoms with Crippen molar-refractivity contribution >= 4 is 18.1 Å². The third-order valence-corrected chi connectivity index (χ3v) is 0.936. The number of nitrogen functional groups attached to an aromatic ring is 1. The number of primary amides is 1. The maximum absolute atomic E-state index is 10.6. The van der Waals surface area contributed by atoms with Gasteiger partial charge in [0.1, 0.15) is 5.82 Å². The van der Waals surface area contributed by atoms with Crippen LogP contribution in [0.2, 0.25) is 0 Å². The Balaban J connectivity index is 2.50. The maximum atomic E-state index is 10.6. The number of carbonyl (C=O) groups is 2. The zero-order chi connectivity index (χ0) is 9.84. The summed E-state index contributed by atoms with van der Waals surface area (Å²) in [4.78, 5) is 26.5. The molecule has 0 unspecified atom stereocenters. The van der Waals surface area contributed by atoms with Crippen LogP contribution in [-0.2, 0) is 4.74 Å². The van der Waals surface area contributed by atoms with Crippen molar-refractivity contribution in [1.82, 2.24) is 9.97 Å². The molecule has 0 saturated carbocycles. The Morgan fingerprint density at radius 3 is 2.69 bits per heavy atom. The number of nitrogens with zero attached hydrogens (tertiary/aromatic N) is 1. The molecule has 0 bridgehead atoms. The van der Waals surface area contributed by atoms with Crippen LogP contribution < -0.4 is 16.2 Å². The van der Waals surface area contributed by atoms with E-state index >= 15 is 0 Å². The summed E-state index contributed by atoms with van der Waals surface area (Å²) in [5.74, 6) is 0.210. The van der Waals surface area contributed by atoms with Gasteiger partial charge in [-0.25, -0.2) is 14.6 Å². The standard InChI is InChI=1S/C5H6N4O4/c6-2-1-8-4(9-2)13-5(11)12-3(7)10/h1H,6H2,(H2,7,10)(H,8,9). The number of amides is 1. The molecule has 1 aromatic rings. The number of aromatic amines is 1. The number of anilines is 1. The second-order valence-electron chi connectivity index (χ2n) is 1.92. The van der Waals surface area contributed by atoms with Gasteiger partial charge in [0.2, 0.25) is 0 Å². The topological polar surface area (TPSA) is 133 Å². The molecule has 0 saturated heterocycles. The summed E-state index contributed by atoms with van der Waals surface area (Å²) in [7, 11) is 0. The van der Waals surface area contributed by atoms with Gasteiger partial charge in [0.05, 0.1) is 6.20 Å². The minimum absolute atomic E-state index is 0.177. The zero-order valence-electron chi connectivity index (χ0n) is 6.31. The molecule has 0 aliphatic rings. The number of H-pyrrole nitrogens is 1. The molecule has 8 nitrogen and oxygen atoms in total. The second-order valence-corrected chi connectivity index (χ2v) is 1.92. The first-order valence-corrected chi connectivity index (χ1v) is 3.07. The van der Waals surface area contributed by atoms with Crippen molar-refractivity contribution in [3.8, 4) is 6.01 Å². The summed E-state index contributed by atoms with van der Waals surface area (Å²) in [6, 6.07) is -0.177. The van der Waals surface area contributed by atoms with E-state index < -0.39 is 12.2 Å². The van der Waals surface area contributed by atoms with Crippen molar-refractivity contribution in [2.75, 3.05) is 5.73 Å². The zero-order valence-corrected chi connectivity index (χ0v) is 6.31. The lowest BCUT2D eigenvalue weighted by Gasteiger charge is -1.97. The summed E-state index contributed by atoms with van der Waals surface area (Å²) >= 11 is 0. The number of carbonyl (C=O) groups excluding carboxylic acids is 2. The molecular formula is C5H6N4O4. The van der Waals surface area contributed by atoms with Gasteiger partial charge in [-0.05, 0) is 0 Å². The van der Waals surface area contributed by atoms with Crippen LogP contribution in [0.1, 0.15) is 0 Å². The Morgan fingerprint density at radius 2 is 2.23 bits per heavy atom. The second kappa shape index (κ2) is 3.43. The van der Waals surface area contributed by atoms with E-state index in [9.17, 15) is 9.59 Å². The minimum atomic E-state index is -1.28. The third-order valence-electron chi connectivity index (χ3n) is 0.936. The summed E-state index contributed by atoms with van der Waals surface area (Å²) in [6.07, 6.45) is -1.31. The van der Waals surface area contributed by atoms with Gasteiger partial charge in [-0.15, -0.1) is 0 Å². The van der Waals surface area contributed by atoms with Crippen LogP contribution in [0.25, 0.3) is 0 Å². The Labute approximate surface area is 71.8 Å². The van der Waals surface area contributed by atoms with Crippen molar-refractivity contribution < 1.29 is 19.1 Å². The van der Waals surface area contributed by atoms with Crippen LogP contribution in [0.15, 0.2) is 6.20 Å². The fraction of sp³-hybridized carbons (Fsp3) is 0. The molecular weight excluding hydrogens is 180 g/mol. The van der Waals surface area contributed by atoms with Gasteiger partial charge in [-0.2, -0.15) is 0 Å². The lowest BCUT2D eigenvalue weighted by Crippen LogP contribution is -2.21. The largest absolute Gasteiger partial charge is 0.525 e. The highest BCUT2D eigenvalue weighted by Gasteiger charge is 2.11. The number of nitrogens with one attached hydrogen (secondary N) is 1. The van der Waals surface area contributed by atoms with Crippen LogP contribution in [0.5, 0.6) is 6.01 Å². The lowest BCUT2D eigenvalue weighted by atomic mass is 10.8. The highest BCUT2D eigenvalue weighted by atomic mass is 16.7. The number of hydrogen-bond donors (Lipinski definition) is 3. The number of hydrogen-bond acceptors (Lipinski definition) is 6. The molecule has 1 aromatic heterocycles. The molecule has 0 aliphatic carbocycles. The van der Waals surface area contributed by atoms with Gasteiger partial charge >= 0.3 is 18.3 Å². The van der Waals surface area contributed by atoms with Gasteiger partial charge in [0.25, 0.3) is 0 Å². The van der Waals surface area contributed by atoms with Gasteiger partial charge in [0, 0.05) is 0 Å². The van der Waals surface area contributed by atoms with Gasteiger partial charge in [-0.3, -0.25) is 4.98 Å². The predicted octanol–water partition coefficient (Wildman–Crippen LogP) is -0.414. The van der Waals surface area contributed by atoms with Crippen LogP contribution in [0.3, 0.4) is 0 Å². The average Bonchev–Trinajstić information content (AvgIpc) is 2.33. The van der Waals surface area contributed by atoms with Gasteiger partial charge < -0.3 is 20.9 Å². The molecule has 0 radical (unpaired) electrons. The maximum Gasteiger partial charge on any atom is 0.525 e. The number of rotatable bonds is 1. The highest BCUT2D eigenvalue weighted by Crippen LogP contribution is 2.06. The molecule has 70 valence electrons. The number of ether oxygens (including phenoxy) is 2. The van der Waals surface area contributed by atoms with Crippen LogP contribution >= 0.6 is 0 Å². The molecule has 1 amide bonds. The first-order valence-electron chi connectivity index (χ1n) is 3.07. The molecule has 0 fully saturated rings. The molecule has 0 atom stereocenters. The molecule has 0 aliphatic heterocycles. The SMILES string of the molecule is NC(=O)OC(=O)Oc1ncc(N)[nH]1. The molecule has 5 N–H and O–H groups in total. The Bertz CT molecular complexity index is 333. The summed E-state index contributed by atoms with van der Waals surface area (Å²) in [5.41, 5.74) is 9.75. The monoisotopic (exact) mass is 186 g/mol. The van der Waals surface area contributed by atoms with E-state index in [4.69, 9.17) is 5.73 Å². The minimum Gasteiger partial charge on any atom is -0.384 e. The van der Waals surface area contributed by atoms with Crippen molar-refractivity contribution in [1.29, 1.82) is 0 Å². The van der Waals surface area contributed by atoms with E-state index in [1.165, 1.54) is 6.20 Å². The van der Waals surface area contributed by atoms with E-state index in [-0.39, 0.29) is 11.8 Å². The molecule has 8 heteroatoms. The highest BCUT2D eigenvalue weighted by molar-refractivity contribution is 5.80. The quantitative estimate of drug-likeness (QED) is 0.403. The van der Waals surface area contributed by atoms with E-state index in [2.05, 4.69) is 25.2 Å². The molecule has 0 aromatic carbocycles. The Kier molecular flexibility index (Phi) is 2.33. The molecule has 13 heavy (non-hydrogen) atoms. The van der Waals surface area contributed by atoms with Crippen molar-refractivity contribution in [2.24, 2.45) is 5.73 Å². The molecule has 1 rings (SSSR count). The summed E-state index contributed by atoms with van der Waals surface area (Å²) in [5, 5.41) is 0. The number of nitrogens with two attached hydrogens (primary N) is 2. The lowest BCUT2D eigenvalue weighted by molar-refractivity contribution is 0.118. The first-order chi connectivity index (χ1) is 6.08. The first kappa shape index (κ1) is 8.84. The average molecular weight is 186 g/mol. The number of aromatic nitrogens is 2. The fourth-order valence-corrected chi connectivity index (χ4v) is 0.550. The normalized spacial score (nSPS) is 9.23. The summed E-state index contributed by atoms with van der Waals surface area (Å²) in [6.45, 7) is 0. The van der Waals surface area contributed by atoms with E-state index in [0.717, 1.165) is 0 Å². The smallest absolute Gasteiger partial charge is 0.384 e. The summed E-state index contributed by atoms with van der Waals surface area (Å²) < 4.78 is 8.18. The molecule has 1 heterocycles. The van der Waals surface area contributed by atoms with Gasteiger partial charge in [0.15, 0.2) is 0 Å². The Hall–Kier alpha value is -2.25. The number of imidazole rings is 1. The van der Waals surface area contributed by atoms with Crippen LogP contribution in [0, 0.1) is 0 Å². The van der Waals surface area contributed by atoms with E-state index in [0.29, 0.717) is 0 Å². The van der Waals surface area contributed by atoms with Crippen molar-refractivity contribution in [3.05, 3.63) is 6.20 Å². The third kappa shape index (κ3) is 2.69. The Morgan fingerprint density at radius 1 is 1.54 bits per heavy atom.